The number of halogens is 2. The van der Waals surface area contributed by atoms with Gasteiger partial charge in [-0.15, -0.1) is 0 Å². The minimum absolute atomic E-state index is 0.0994. The highest BCUT2D eigenvalue weighted by atomic mass is 19.1. The molecular formula is C17H18F2O. The molecule has 0 saturated carbocycles. The Balaban J connectivity index is 2.27. The fourth-order valence-electron chi connectivity index (χ4n) is 2.22. The second kappa shape index (κ2) is 5.71. The van der Waals surface area contributed by atoms with Gasteiger partial charge < -0.3 is 5.11 Å². The predicted octanol–water partition coefficient (Wildman–Crippen LogP) is 4.09. The average Bonchev–Trinajstić information content (AvgIpc) is 2.58. The van der Waals surface area contributed by atoms with Crippen molar-refractivity contribution in [3.8, 4) is 0 Å². The Hall–Kier alpha value is -1.74. The van der Waals surface area contributed by atoms with Crippen LogP contribution in [0.5, 0.6) is 0 Å². The normalized spacial score (nSPS) is 18.1. The molecule has 0 aliphatic heterocycles. The van der Waals surface area contributed by atoms with Crippen molar-refractivity contribution in [3.05, 3.63) is 70.8 Å². The standard InChI is InChI=1S/C17H18F2O/c1-12-4-3-5-14(8-6-12)17(2,20)11-13-7-9-15(18)10-16(13)19/h3,5-10,20H,4,11H2,1-2H3. The van der Waals surface area contributed by atoms with Crippen molar-refractivity contribution in [2.45, 2.75) is 32.3 Å². The highest BCUT2D eigenvalue weighted by Crippen LogP contribution is 2.26. The largest absolute Gasteiger partial charge is 0.385 e. The van der Waals surface area contributed by atoms with E-state index in [9.17, 15) is 13.9 Å². The van der Waals surface area contributed by atoms with Gasteiger partial charge in [-0.2, -0.15) is 0 Å². The lowest BCUT2D eigenvalue weighted by Gasteiger charge is -2.25. The molecule has 106 valence electrons. The summed E-state index contributed by atoms with van der Waals surface area (Å²) in [7, 11) is 0. The van der Waals surface area contributed by atoms with Crippen LogP contribution in [0.15, 0.2) is 53.6 Å². The molecule has 1 unspecified atom stereocenters. The number of allylic oxidation sites excluding steroid dienone is 4. The first kappa shape index (κ1) is 14.7. The van der Waals surface area contributed by atoms with Crippen LogP contribution in [0.4, 0.5) is 8.78 Å². The van der Waals surface area contributed by atoms with Crippen molar-refractivity contribution in [2.24, 2.45) is 0 Å². The van der Waals surface area contributed by atoms with Crippen LogP contribution in [-0.4, -0.2) is 10.7 Å². The lowest BCUT2D eigenvalue weighted by molar-refractivity contribution is 0.102. The summed E-state index contributed by atoms with van der Waals surface area (Å²) < 4.78 is 26.6. The molecule has 20 heavy (non-hydrogen) atoms. The van der Waals surface area contributed by atoms with E-state index < -0.39 is 17.2 Å². The van der Waals surface area contributed by atoms with E-state index in [0.29, 0.717) is 5.56 Å². The van der Waals surface area contributed by atoms with Crippen molar-refractivity contribution < 1.29 is 13.9 Å². The van der Waals surface area contributed by atoms with E-state index in [-0.39, 0.29) is 6.42 Å². The number of hydrogen-bond donors (Lipinski definition) is 1. The van der Waals surface area contributed by atoms with Gasteiger partial charge in [-0.25, -0.2) is 8.78 Å². The number of hydrogen-bond acceptors (Lipinski definition) is 1. The molecule has 1 aromatic rings. The van der Waals surface area contributed by atoms with Crippen LogP contribution in [-0.2, 0) is 6.42 Å². The fraction of sp³-hybridized carbons (Fsp3) is 0.294. The van der Waals surface area contributed by atoms with Crippen molar-refractivity contribution in [1.29, 1.82) is 0 Å². The summed E-state index contributed by atoms with van der Waals surface area (Å²) >= 11 is 0. The molecule has 0 radical (unpaired) electrons. The quantitative estimate of drug-likeness (QED) is 0.881. The van der Waals surface area contributed by atoms with E-state index in [0.717, 1.165) is 18.1 Å². The maximum absolute atomic E-state index is 13.7. The van der Waals surface area contributed by atoms with Crippen LogP contribution >= 0.6 is 0 Å². The summed E-state index contributed by atoms with van der Waals surface area (Å²) in [6.45, 7) is 3.65. The fourth-order valence-corrected chi connectivity index (χ4v) is 2.22. The summed E-state index contributed by atoms with van der Waals surface area (Å²) in [4.78, 5) is 0. The van der Waals surface area contributed by atoms with Crippen LogP contribution in [0.25, 0.3) is 0 Å². The summed E-state index contributed by atoms with van der Waals surface area (Å²) in [6.07, 6.45) is 8.56. The summed E-state index contributed by atoms with van der Waals surface area (Å²) in [6, 6.07) is 3.42. The number of benzene rings is 1. The third-order valence-corrected chi connectivity index (χ3v) is 3.46. The maximum atomic E-state index is 13.7. The zero-order valence-electron chi connectivity index (χ0n) is 11.7. The van der Waals surface area contributed by atoms with E-state index in [4.69, 9.17) is 0 Å². The smallest absolute Gasteiger partial charge is 0.129 e. The third-order valence-electron chi connectivity index (χ3n) is 3.46. The molecule has 0 fully saturated rings. The van der Waals surface area contributed by atoms with E-state index in [1.807, 2.05) is 31.2 Å². The van der Waals surface area contributed by atoms with Crippen molar-refractivity contribution in [1.82, 2.24) is 0 Å². The first-order valence-corrected chi connectivity index (χ1v) is 6.59. The van der Waals surface area contributed by atoms with E-state index in [1.54, 1.807) is 6.92 Å². The Labute approximate surface area is 117 Å². The molecule has 0 spiro atoms. The van der Waals surface area contributed by atoms with Gasteiger partial charge in [0, 0.05) is 12.5 Å². The highest BCUT2D eigenvalue weighted by molar-refractivity contribution is 5.37. The Bertz CT molecular complexity index is 595. The molecule has 1 N–H and O–H groups in total. The molecule has 0 saturated heterocycles. The highest BCUT2D eigenvalue weighted by Gasteiger charge is 2.26. The van der Waals surface area contributed by atoms with Gasteiger partial charge in [-0.05, 0) is 37.5 Å². The molecule has 1 nitrogen and oxygen atoms in total. The maximum Gasteiger partial charge on any atom is 0.129 e. The van der Waals surface area contributed by atoms with Gasteiger partial charge in [0.05, 0.1) is 5.60 Å². The Morgan fingerprint density at radius 1 is 1.25 bits per heavy atom. The minimum Gasteiger partial charge on any atom is -0.385 e. The van der Waals surface area contributed by atoms with E-state index in [2.05, 4.69) is 0 Å². The molecule has 0 amide bonds. The predicted molar refractivity (Wildman–Crippen MR) is 76.3 cm³/mol. The topological polar surface area (TPSA) is 20.2 Å². The first-order chi connectivity index (χ1) is 9.38. The zero-order valence-corrected chi connectivity index (χ0v) is 11.7. The van der Waals surface area contributed by atoms with Crippen molar-refractivity contribution in [2.75, 3.05) is 0 Å². The Kier molecular flexibility index (Phi) is 4.19. The van der Waals surface area contributed by atoms with Crippen LogP contribution in [0.2, 0.25) is 0 Å². The van der Waals surface area contributed by atoms with Crippen LogP contribution < -0.4 is 0 Å². The van der Waals surface area contributed by atoms with Crippen molar-refractivity contribution in [3.63, 3.8) is 0 Å². The van der Waals surface area contributed by atoms with Gasteiger partial charge >= 0.3 is 0 Å². The monoisotopic (exact) mass is 276 g/mol. The average molecular weight is 276 g/mol. The minimum atomic E-state index is -1.20. The molecule has 0 bridgehead atoms. The van der Waals surface area contributed by atoms with Crippen LogP contribution in [0.3, 0.4) is 0 Å². The molecule has 1 aliphatic rings. The van der Waals surface area contributed by atoms with E-state index >= 15 is 0 Å². The molecule has 0 heterocycles. The number of aliphatic hydroxyl groups is 1. The van der Waals surface area contributed by atoms with Gasteiger partial charge in [-0.1, -0.05) is 35.9 Å². The molecule has 1 atom stereocenters. The number of rotatable bonds is 3. The summed E-state index contributed by atoms with van der Waals surface area (Å²) in [5.41, 5.74) is 1.02. The van der Waals surface area contributed by atoms with Gasteiger partial charge in [0.1, 0.15) is 11.6 Å². The SMILES string of the molecule is CC1=CC=C(C(C)(O)Cc2ccc(F)cc2F)C=CC1. The Morgan fingerprint density at radius 3 is 2.70 bits per heavy atom. The van der Waals surface area contributed by atoms with Gasteiger partial charge in [0.15, 0.2) is 0 Å². The molecule has 1 aromatic carbocycles. The van der Waals surface area contributed by atoms with E-state index in [1.165, 1.54) is 17.7 Å². The second-order valence-electron chi connectivity index (χ2n) is 5.43. The molecule has 1 aliphatic carbocycles. The second-order valence-corrected chi connectivity index (χ2v) is 5.43. The summed E-state index contributed by atoms with van der Waals surface area (Å²) in [5.74, 6) is -1.24. The molecule has 0 aromatic heterocycles. The van der Waals surface area contributed by atoms with Gasteiger partial charge in [-0.3, -0.25) is 0 Å². The van der Waals surface area contributed by atoms with Gasteiger partial charge in [0.25, 0.3) is 0 Å². The molecular weight excluding hydrogens is 258 g/mol. The first-order valence-electron chi connectivity index (χ1n) is 6.59. The lowest BCUT2D eigenvalue weighted by atomic mass is 9.88. The lowest BCUT2D eigenvalue weighted by Crippen LogP contribution is -2.29. The molecule has 2 rings (SSSR count). The van der Waals surface area contributed by atoms with Crippen molar-refractivity contribution >= 4 is 0 Å². The summed E-state index contributed by atoms with van der Waals surface area (Å²) in [5, 5.41) is 10.6. The zero-order chi connectivity index (χ0) is 14.8. The van der Waals surface area contributed by atoms with Crippen LogP contribution in [0, 0.1) is 11.6 Å². The Morgan fingerprint density at radius 2 is 2.00 bits per heavy atom. The van der Waals surface area contributed by atoms with Gasteiger partial charge in [0.2, 0.25) is 0 Å². The van der Waals surface area contributed by atoms with Crippen LogP contribution in [0.1, 0.15) is 25.8 Å². The molecule has 3 heteroatoms. The third kappa shape index (κ3) is 3.42.